The molecule has 1 unspecified atom stereocenters. The van der Waals surface area contributed by atoms with Gasteiger partial charge < -0.3 is 19.7 Å². The van der Waals surface area contributed by atoms with E-state index in [1.807, 2.05) is 30.5 Å². The maximum Gasteiger partial charge on any atom is 0.410 e. The molecule has 9 heteroatoms. The first-order chi connectivity index (χ1) is 13.0. The maximum absolute atomic E-state index is 12.1. The summed E-state index contributed by atoms with van der Waals surface area (Å²) < 4.78 is 9.86. The number of hydrogen-bond donors (Lipinski definition) is 1. The Morgan fingerprint density at radius 3 is 2.70 bits per heavy atom. The number of cyclic esters (lactones) is 1. The van der Waals surface area contributed by atoms with Crippen LogP contribution in [0, 0.1) is 0 Å². The van der Waals surface area contributed by atoms with Gasteiger partial charge in [0.05, 0.1) is 12.8 Å². The Bertz CT molecular complexity index is 722. The van der Waals surface area contributed by atoms with Crippen LogP contribution in [0.15, 0.2) is 29.2 Å². The molecule has 0 radical (unpaired) electrons. The number of ether oxygens (including phenoxy) is 2. The molecule has 0 saturated carbocycles. The third-order valence-corrected chi connectivity index (χ3v) is 6.03. The maximum atomic E-state index is 12.1. The highest BCUT2D eigenvalue weighted by molar-refractivity contribution is 7.98. The summed E-state index contributed by atoms with van der Waals surface area (Å²) in [5, 5.41) is 3.99. The molecule has 2 heterocycles. The first kappa shape index (κ1) is 19.8. The molecule has 0 bridgehead atoms. The molecule has 2 saturated heterocycles. The van der Waals surface area contributed by atoms with Gasteiger partial charge in [0.2, 0.25) is 0 Å². The number of rotatable bonds is 4. The van der Waals surface area contributed by atoms with E-state index in [9.17, 15) is 9.59 Å². The number of thiocarbonyl (C=S) groups is 1. The number of likely N-dealkylation sites (tertiary alicyclic amines) is 1. The quantitative estimate of drug-likeness (QED) is 0.462. The van der Waals surface area contributed by atoms with Crippen LogP contribution in [0.3, 0.4) is 0 Å². The number of carbonyl (C=O) groups is 2. The minimum absolute atomic E-state index is 0.0527. The van der Waals surface area contributed by atoms with E-state index in [2.05, 4.69) is 10.2 Å². The molecular weight excluding hydrogens is 386 g/mol. The van der Waals surface area contributed by atoms with Crippen molar-refractivity contribution in [1.29, 1.82) is 0 Å². The van der Waals surface area contributed by atoms with Gasteiger partial charge in [0.1, 0.15) is 6.61 Å². The van der Waals surface area contributed by atoms with E-state index < -0.39 is 18.1 Å². The highest BCUT2D eigenvalue weighted by atomic mass is 32.2. The number of nitrogens with one attached hydrogen (secondary N) is 1. The Kier molecular flexibility index (Phi) is 6.43. The summed E-state index contributed by atoms with van der Waals surface area (Å²) in [5.41, 5.74) is 0.992. The minimum atomic E-state index is -0.655. The van der Waals surface area contributed by atoms with Crippen LogP contribution in [0.2, 0.25) is 0 Å². The number of amides is 1. The fraction of sp³-hybridized carbons (Fsp3) is 0.500. The van der Waals surface area contributed by atoms with E-state index in [0.717, 1.165) is 10.6 Å². The monoisotopic (exact) mass is 409 g/mol. The van der Waals surface area contributed by atoms with Crippen molar-refractivity contribution in [1.82, 2.24) is 9.80 Å². The van der Waals surface area contributed by atoms with Crippen molar-refractivity contribution in [2.24, 2.45) is 0 Å². The molecule has 2 aliphatic rings. The number of carbonyl (C=O) groups excluding carboxylic acids is 2. The SMILES string of the molecule is COC(=O)C1COC(=O)N1C1CCN(C(=S)Nc2ccccc2SC)CC1. The Hall–Kier alpha value is -2.00. The topological polar surface area (TPSA) is 71.1 Å². The van der Waals surface area contributed by atoms with Gasteiger partial charge >= 0.3 is 12.1 Å². The molecule has 2 aliphatic heterocycles. The van der Waals surface area contributed by atoms with Gasteiger partial charge in [0.25, 0.3) is 0 Å². The fourth-order valence-electron chi connectivity index (χ4n) is 3.44. The number of para-hydroxylation sites is 1. The van der Waals surface area contributed by atoms with Crippen LogP contribution in [0.1, 0.15) is 12.8 Å². The highest BCUT2D eigenvalue weighted by Gasteiger charge is 2.43. The smallest absolute Gasteiger partial charge is 0.410 e. The molecule has 1 aromatic rings. The van der Waals surface area contributed by atoms with Crippen molar-refractivity contribution in [3.05, 3.63) is 24.3 Å². The Morgan fingerprint density at radius 1 is 1.33 bits per heavy atom. The van der Waals surface area contributed by atoms with E-state index in [4.69, 9.17) is 21.7 Å². The lowest BCUT2D eigenvalue weighted by Crippen LogP contribution is -2.52. The zero-order valence-electron chi connectivity index (χ0n) is 15.3. The van der Waals surface area contributed by atoms with Crippen LogP contribution < -0.4 is 5.32 Å². The van der Waals surface area contributed by atoms with Gasteiger partial charge in [-0.2, -0.15) is 0 Å². The molecule has 1 amide bonds. The molecule has 2 fully saturated rings. The number of methoxy groups -OCH3 is 1. The average molecular weight is 410 g/mol. The van der Waals surface area contributed by atoms with Crippen LogP contribution >= 0.6 is 24.0 Å². The molecular formula is C18H23N3O4S2. The summed E-state index contributed by atoms with van der Waals surface area (Å²) in [6.07, 6.45) is 3.02. The standard InChI is InChI=1S/C18H23N3O4S2/c1-24-16(22)14-11-25-18(23)21(14)12-7-9-20(10-8-12)17(26)19-13-5-3-4-6-15(13)27-2/h3-6,12,14H,7-11H2,1-2H3,(H,19,26). The van der Waals surface area contributed by atoms with Crippen molar-refractivity contribution in [3.63, 3.8) is 0 Å². The van der Waals surface area contributed by atoms with Gasteiger partial charge in [0, 0.05) is 24.0 Å². The predicted octanol–water partition coefficient (Wildman–Crippen LogP) is 2.56. The number of esters is 1. The molecule has 1 aromatic carbocycles. The van der Waals surface area contributed by atoms with E-state index in [1.165, 1.54) is 12.0 Å². The second kappa shape index (κ2) is 8.79. The third-order valence-electron chi connectivity index (χ3n) is 4.88. The van der Waals surface area contributed by atoms with Gasteiger partial charge in [-0.15, -0.1) is 11.8 Å². The number of thioether (sulfide) groups is 1. The van der Waals surface area contributed by atoms with Crippen LogP contribution in [0.5, 0.6) is 0 Å². The summed E-state index contributed by atoms with van der Waals surface area (Å²) in [4.78, 5) is 28.7. The molecule has 7 nitrogen and oxygen atoms in total. The number of anilines is 1. The van der Waals surface area contributed by atoms with Crippen molar-refractivity contribution in [2.45, 2.75) is 29.8 Å². The van der Waals surface area contributed by atoms with Gasteiger partial charge in [-0.05, 0) is 43.4 Å². The number of piperidine rings is 1. The predicted molar refractivity (Wildman–Crippen MR) is 108 cm³/mol. The van der Waals surface area contributed by atoms with Crippen LogP contribution in [0.25, 0.3) is 0 Å². The fourth-order valence-corrected chi connectivity index (χ4v) is 4.29. The largest absolute Gasteiger partial charge is 0.467 e. The van der Waals surface area contributed by atoms with E-state index in [1.54, 1.807) is 11.8 Å². The number of benzene rings is 1. The summed E-state index contributed by atoms with van der Waals surface area (Å²) >= 11 is 7.23. The lowest BCUT2D eigenvalue weighted by atomic mass is 10.0. The first-order valence-corrected chi connectivity index (χ1v) is 10.4. The number of nitrogens with zero attached hydrogens (tertiary/aromatic N) is 2. The molecule has 3 rings (SSSR count). The van der Waals surface area contributed by atoms with Crippen LogP contribution in [-0.4, -0.2) is 72.1 Å². The number of hydrogen-bond acceptors (Lipinski definition) is 6. The van der Waals surface area contributed by atoms with E-state index >= 15 is 0 Å². The average Bonchev–Trinajstić information content (AvgIpc) is 3.09. The third kappa shape index (κ3) is 4.30. The molecule has 0 aromatic heterocycles. The van der Waals surface area contributed by atoms with Crippen LogP contribution in [0.4, 0.5) is 10.5 Å². The summed E-state index contributed by atoms with van der Waals surface area (Å²) in [6.45, 7) is 1.46. The zero-order chi connectivity index (χ0) is 19.4. The lowest BCUT2D eigenvalue weighted by Gasteiger charge is -2.38. The highest BCUT2D eigenvalue weighted by Crippen LogP contribution is 2.27. The van der Waals surface area contributed by atoms with Crippen LogP contribution in [-0.2, 0) is 14.3 Å². The Morgan fingerprint density at radius 2 is 2.04 bits per heavy atom. The van der Waals surface area contributed by atoms with Gasteiger partial charge in [-0.3, -0.25) is 4.90 Å². The molecule has 1 N–H and O–H groups in total. The Labute approximate surface area is 168 Å². The van der Waals surface area contributed by atoms with Gasteiger partial charge in [-0.25, -0.2) is 9.59 Å². The first-order valence-electron chi connectivity index (χ1n) is 8.77. The normalized spacial score (nSPS) is 20.4. The molecule has 0 spiro atoms. The lowest BCUT2D eigenvalue weighted by molar-refractivity contribution is -0.145. The molecule has 1 atom stereocenters. The van der Waals surface area contributed by atoms with E-state index in [0.29, 0.717) is 31.0 Å². The second-order valence-electron chi connectivity index (χ2n) is 6.37. The molecule has 27 heavy (non-hydrogen) atoms. The summed E-state index contributed by atoms with van der Waals surface area (Å²) in [6, 6.07) is 7.32. The van der Waals surface area contributed by atoms with E-state index in [-0.39, 0.29) is 12.6 Å². The van der Waals surface area contributed by atoms with Crippen molar-refractivity contribution in [3.8, 4) is 0 Å². The zero-order valence-corrected chi connectivity index (χ0v) is 17.0. The summed E-state index contributed by atoms with van der Waals surface area (Å²) in [5.74, 6) is -0.436. The van der Waals surface area contributed by atoms with Crippen molar-refractivity contribution in [2.75, 3.05) is 38.4 Å². The second-order valence-corrected chi connectivity index (χ2v) is 7.61. The van der Waals surface area contributed by atoms with Gasteiger partial charge in [0.15, 0.2) is 11.2 Å². The molecule has 146 valence electrons. The van der Waals surface area contributed by atoms with Gasteiger partial charge in [-0.1, -0.05) is 12.1 Å². The summed E-state index contributed by atoms with van der Waals surface area (Å²) in [7, 11) is 1.32. The minimum Gasteiger partial charge on any atom is -0.467 e. The Balaban J connectivity index is 1.59. The van der Waals surface area contributed by atoms with Crippen molar-refractivity contribution < 1.29 is 19.1 Å². The van der Waals surface area contributed by atoms with Crippen molar-refractivity contribution >= 4 is 46.8 Å². The molecule has 0 aliphatic carbocycles.